The molecule has 3 aromatic rings. The summed E-state index contributed by atoms with van der Waals surface area (Å²) in [4.78, 5) is 39.9. The molecule has 10 nitrogen and oxygen atoms in total. The van der Waals surface area contributed by atoms with Crippen molar-refractivity contribution >= 4 is 23.4 Å². The number of likely N-dealkylation sites (tertiary alicyclic amines) is 1. The number of benzene rings is 2. The molecule has 0 bridgehead atoms. The van der Waals surface area contributed by atoms with E-state index in [0.29, 0.717) is 53.5 Å². The Morgan fingerprint density at radius 3 is 2.36 bits per heavy atom. The van der Waals surface area contributed by atoms with Gasteiger partial charge in [-0.2, -0.15) is 13.2 Å². The zero-order valence-corrected chi connectivity index (χ0v) is 28.2. The molecular formula is C36H41F4N5O5. The summed E-state index contributed by atoms with van der Waals surface area (Å²) in [5.74, 6) is -1.89. The van der Waals surface area contributed by atoms with Crippen LogP contribution in [0.25, 0.3) is 0 Å². The number of hydrogen-bond acceptors (Lipinski definition) is 8. The number of carboxylic acids is 1. The Hall–Kier alpha value is -4.46. The molecule has 3 saturated heterocycles. The summed E-state index contributed by atoms with van der Waals surface area (Å²) in [6.45, 7) is 2.38. The van der Waals surface area contributed by atoms with Crippen molar-refractivity contribution < 1.29 is 41.7 Å². The number of carbonyl (C=O) groups excluding carboxylic acids is 1. The SMILES string of the molecule is COC[C@@H]1C[C@@H](c2ccc(C(F)(F)F)cc2N2CCC(C(=O)O)CC2)CN1C(=O)[C@]1(F)CN(c2ccnc(C)n2)C[C@H]1c1ccc(OC)cc1. The van der Waals surface area contributed by atoms with E-state index in [-0.39, 0.29) is 39.3 Å². The molecule has 50 heavy (non-hydrogen) atoms. The second kappa shape index (κ2) is 14.0. The Kier molecular flexibility index (Phi) is 9.93. The first-order valence-corrected chi connectivity index (χ1v) is 16.7. The number of carbonyl (C=O) groups is 2. The summed E-state index contributed by atoms with van der Waals surface area (Å²) >= 11 is 0. The lowest BCUT2D eigenvalue weighted by atomic mass is 9.85. The molecule has 0 aliphatic carbocycles. The van der Waals surface area contributed by atoms with Crippen LogP contribution in [0.2, 0.25) is 0 Å². The number of aryl methyl sites for hydroxylation is 1. The fourth-order valence-corrected chi connectivity index (χ4v) is 7.72. The smallest absolute Gasteiger partial charge is 0.416 e. The van der Waals surface area contributed by atoms with Gasteiger partial charge in [0.1, 0.15) is 17.4 Å². The van der Waals surface area contributed by atoms with Gasteiger partial charge in [0.05, 0.1) is 37.8 Å². The molecule has 3 fully saturated rings. The van der Waals surface area contributed by atoms with Gasteiger partial charge in [0.2, 0.25) is 5.67 Å². The van der Waals surface area contributed by atoms with Crippen molar-refractivity contribution in [3.8, 4) is 5.75 Å². The van der Waals surface area contributed by atoms with Crippen molar-refractivity contribution in [1.29, 1.82) is 0 Å². The standard InChI is InChI=1S/C36H41F4N5O5/c1-22-41-13-10-32(42-22)44-19-30(23-4-7-28(50-3)8-5-23)35(37,21-44)34(48)45-18-25(16-27(45)20-49-2)29-9-6-26(36(38,39)40)17-31(29)43-14-11-24(12-15-43)33(46)47/h4-10,13,17,24-25,27,30H,11-12,14-16,18-21H2,1-3H3,(H,46,47)/t25-,27+,30+,35+/m1/s1. The molecule has 4 heterocycles. The Balaban J connectivity index is 1.34. The Morgan fingerprint density at radius 2 is 1.74 bits per heavy atom. The molecule has 3 aliphatic heterocycles. The van der Waals surface area contributed by atoms with E-state index in [1.54, 1.807) is 53.3 Å². The van der Waals surface area contributed by atoms with E-state index >= 15 is 4.39 Å². The summed E-state index contributed by atoms with van der Waals surface area (Å²) in [5.41, 5.74) is -1.62. The van der Waals surface area contributed by atoms with Crippen LogP contribution in [0, 0.1) is 12.8 Å². The molecule has 4 atom stereocenters. The molecule has 6 rings (SSSR count). The lowest BCUT2D eigenvalue weighted by Crippen LogP contribution is -2.53. The van der Waals surface area contributed by atoms with Crippen molar-refractivity contribution in [2.45, 2.75) is 55.9 Å². The van der Waals surface area contributed by atoms with Gasteiger partial charge in [-0.3, -0.25) is 9.59 Å². The van der Waals surface area contributed by atoms with E-state index in [1.165, 1.54) is 25.2 Å². The number of carboxylic acid groups (broad SMARTS) is 1. The van der Waals surface area contributed by atoms with Crippen LogP contribution < -0.4 is 14.5 Å². The Labute approximate surface area is 288 Å². The zero-order chi connectivity index (χ0) is 35.8. The van der Waals surface area contributed by atoms with Gasteiger partial charge in [0.15, 0.2) is 0 Å². The predicted octanol–water partition coefficient (Wildman–Crippen LogP) is 5.46. The highest BCUT2D eigenvalue weighted by Gasteiger charge is 2.57. The molecule has 3 aliphatic rings. The summed E-state index contributed by atoms with van der Waals surface area (Å²) < 4.78 is 70.4. The number of halogens is 4. The number of ether oxygens (including phenoxy) is 2. The number of aromatic nitrogens is 2. The van der Waals surface area contributed by atoms with Crippen molar-refractivity contribution in [3.63, 3.8) is 0 Å². The maximum Gasteiger partial charge on any atom is 0.416 e. The van der Waals surface area contributed by atoms with Gasteiger partial charge in [-0.15, -0.1) is 0 Å². The predicted molar refractivity (Wildman–Crippen MR) is 177 cm³/mol. The zero-order valence-electron chi connectivity index (χ0n) is 28.2. The van der Waals surface area contributed by atoms with E-state index in [0.717, 1.165) is 12.1 Å². The fraction of sp³-hybridized carbons (Fsp3) is 0.500. The second-order valence-electron chi connectivity index (χ2n) is 13.4. The van der Waals surface area contributed by atoms with Crippen LogP contribution in [0.1, 0.15) is 53.6 Å². The van der Waals surface area contributed by atoms with Crippen molar-refractivity contribution in [1.82, 2.24) is 14.9 Å². The highest BCUT2D eigenvalue weighted by Crippen LogP contribution is 2.46. The monoisotopic (exact) mass is 699 g/mol. The largest absolute Gasteiger partial charge is 0.497 e. The highest BCUT2D eigenvalue weighted by molar-refractivity contribution is 5.89. The number of alkyl halides is 4. The van der Waals surface area contributed by atoms with Gasteiger partial charge in [-0.25, -0.2) is 14.4 Å². The van der Waals surface area contributed by atoms with Crippen LogP contribution in [-0.4, -0.2) is 97.1 Å². The first-order valence-electron chi connectivity index (χ1n) is 16.7. The molecule has 268 valence electrons. The molecule has 0 radical (unpaired) electrons. The van der Waals surface area contributed by atoms with Crippen LogP contribution in [-0.2, 0) is 20.5 Å². The summed E-state index contributed by atoms with van der Waals surface area (Å²) in [6.07, 6.45) is -2.05. The number of methoxy groups -OCH3 is 2. The minimum atomic E-state index is -4.59. The molecule has 14 heteroatoms. The van der Waals surface area contributed by atoms with Crippen molar-refractivity contribution in [3.05, 3.63) is 77.2 Å². The van der Waals surface area contributed by atoms with E-state index in [1.807, 2.05) is 0 Å². The number of hydrogen-bond donors (Lipinski definition) is 1. The van der Waals surface area contributed by atoms with E-state index in [4.69, 9.17) is 9.47 Å². The first kappa shape index (κ1) is 35.4. The van der Waals surface area contributed by atoms with Crippen LogP contribution in [0.4, 0.5) is 29.1 Å². The van der Waals surface area contributed by atoms with Gasteiger partial charge < -0.3 is 29.3 Å². The van der Waals surface area contributed by atoms with Gasteiger partial charge in [0.25, 0.3) is 5.91 Å². The Morgan fingerprint density at radius 1 is 1.02 bits per heavy atom. The topological polar surface area (TPSA) is 108 Å². The molecule has 0 unspecified atom stereocenters. The van der Waals surface area contributed by atoms with Crippen molar-refractivity contribution in [2.24, 2.45) is 5.92 Å². The van der Waals surface area contributed by atoms with E-state index in [2.05, 4.69) is 9.97 Å². The quantitative estimate of drug-likeness (QED) is 0.292. The molecule has 0 spiro atoms. The van der Waals surface area contributed by atoms with E-state index in [9.17, 15) is 27.9 Å². The number of piperidine rings is 1. The molecule has 2 aromatic carbocycles. The first-order chi connectivity index (χ1) is 23.8. The van der Waals surface area contributed by atoms with Crippen LogP contribution in [0.15, 0.2) is 54.7 Å². The van der Waals surface area contributed by atoms with Crippen LogP contribution in [0.3, 0.4) is 0 Å². The van der Waals surface area contributed by atoms with E-state index < -0.39 is 53.1 Å². The third-order valence-corrected chi connectivity index (χ3v) is 10.4. The molecule has 1 aromatic heterocycles. The molecular weight excluding hydrogens is 658 g/mol. The number of anilines is 2. The maximum absolute atomic E-state index is 17.8. The molecule has 1 amide bonds. The summed E-state index contributed by atoms with van der Waals surface area (Å²) in [5, 5.41) is 9.49. The summed E-state index contributed by atoms with van der Waals surface area (Å²) in [7, 11) is 3.03. The minimum Gasteiger partial charge on any atom is -0.497 e. The van der Waals surface area contributed by atoms with Gasteiger partial charge in [0, 0.05) is 57.0 Å². The second-order valence-corrected chi connectivity index (χ2v) is 13.4. The lowest BCUT2D eigenvalue weighted by molar-refractivity contribution is -0.145. The van der Waals surface area contributed by atoms with Gasteiger partial charge >= 0.3 is 12.1 Å². The number of rotatable bonds is 9. The maximum atomic E-state index is 17.8. The third-order valence-electron chi connectivity index (χ3n) is 10.4. The Bertz CT molecular complexity index is 1700. The number of amides is 1. The van der Waals surface area contributed by atoms with Gasteiger partial charge in [-0.05, 0) is 67.6 Å². The third kappa shape index (κ3) is 6.94. The number of aliphatic carboxylic acids is 1. The normalized spacial score (nSPS) is 24.5. The average Bonchev–Trinajstić information content (AvgIpc) is 3.69. The summed E-state index contributed by atoms with van der Waals surface area (Å²) in [6, 6.07) is 11.7. The lowest BCUT2D eigenvalue weighted by Gasteiger charge is -2.35. The molecule has 0 saturated carbocycles. The van der Waals surface area contributed by atoms with Crippen molar-refractivity contribution in [2.75, 3.05) is 63.4 Å². The van der Waals surface area contributed by atoms with Crippen LogP contribution in [0.5, 0.6) is 5.75 Å². The van der Waals surface area contributed by atoms with Crippen LogP contribution >= 0.6 is 0 Å². The minimum absolute atomic E-state index is 0.0738. The fourth-order valence-electron chi connectivity index (χ4n) is 7.72. The highest BCUT2D eigenvalue weighted by atomic mass is 19.4. The molecule has 1 N–H and O–H groups in total. The average molecular weight is 700 g/mol. The van der Waals surface area contributed by atoms with Gasteiger partial charge in [-0.1, -0.05) is 18.2 Å². The number of nitrogens with zero attached hydrogens (tertiary/aromatic N) is 5.